The maximum absolute atomic E-state index is 4.76. The van der Waals surface area contributed by atoms with Crippen LogP contribution in [0.2, 0.25) is 0 Å². The van der Waals surface area contributed by atoms with Gasteiger partial charge in [-0.05, 0) is 26.4 Å². The summed E-state index contributed by atoms with van der Waals surface area (Å²) in [5.41, 5.74) is 1.23. The Kier molecular flexibility index (Phi) is 5.96. The van der Waals surface area contributed by atoms with Gasteiger partial charge in [0.15, 0.2) is 0 Å². The number of likely N-dealkylation sites (N-methyl/N-ethyl adjacent to an activating group) is 1. The summed E-state index contributed by atoms with van der Waals surface area (Å²) < 4.78 is 0. The van der Waals surface area contributed by atoms with Gasteiger partial charge in [-0.1, -0.05) is 13.8 Å². The maximum Gasteiger partial charge on any atom is 0.107 e. The smallest absolute Gasteiger partial charge is 0.107 e. The van der Waals surface area contributed by atoms with E-state index in [1.807, 2.05) is 0 Å². The zero-order valence-corrected chi connectivity index (χ0v) is 14.0. The predicted molar refractivity (Wildman–Crippen MR) is 86.0 cm³/mol. The van der Waals surface area contributed by atoms with Crippen molar-refractivity contribution in [1.29, 1.82) is 0 Å². The molecule has 0 saturated carbocycles. The average molecular weight is 296 g/mol. The molecule has 5 heteroatoms. The van der Waals surface area contributed by atoms with Crippen molar-refractivity contribution in [3.8, 4) is 0 Å². The van der Waals surface area contributed by atoms with Crippen LogP contribution in [0.5, 0.6) is 0 Å². The molecule has 2 heterocycles. The number of piperazine rings is 1. The highest BCUT2D eigenvalue weighted by molar-refractivity contribution is 7.09. The second-order valence-corrected chi connectivity index (χ2v) is 7.28. The molecule has 114 valence electrons. The molecule has 1 aliphatic heterocycles. The molecule has 1 fully saturated rings. The highest BCUT2D eigenvalue weighted by atomic mass is 32.1. The number of rotatable bonds is 6. The number of aromatic nitrogens is 1. The summed E-state index contributed by atoms with van der Waals surface area (Å²) >= 11 is 1.78. The van der Waals surface area contributed by atoms with E-state index >= 15 is 0 Å². The first kappa shape index (κ1) is 15.9. The molecule has 1 aliphatic rings. The predicted octanol–water partition coefficient (Wildman–Crippen LogP) is 2.02. The van der Waals surface area contributed by atoms with Crippen molar-refractivity contribution in [1.82, 2.24) is 20.1 Å². The molecule has 1 N–H and O–H groups in total. The van der Waals surface area contributed by atoms with Crippen molar-refractivity contribution in [3.05, 3.63) is 16.1 Å². The molecule has 20 heavy (non-hydrogen) atoms. The van der Waals surface area contributed by atoms with E-state index in [1.165, 1.54) is 10.7 Å². The highest BCUT2D eigenvalue weighted by Crippen LogP contribution is 2.15. The molecule has 0 aliphatic carbocycles. The normalized spacial score (nSPS) is 21.8. The van der Waals surface area contributed by atoms with Gasteiger partial charge in [-0.3, -0.25) is 4.90 Å². The van der Waals surface area contributed by atoms with Gasteiger partial charge in [-0.2, -0.15) is 0 Å². The standard InChI is InChI=1S/C15H28N4S/c1-12(2)7-16-8-15-17-14(11-20-15)10-19-6-5-18(4)9-13(19)3/h11-13,16H,5-10H2,1-4H3. The second kappa shape index (κ2) is 7.50. The van der Waals surface area contributed by atoms with Gasteiger partial charge in [0.1, 0.15) is 5.01 Å². The molecule has 0 spiro atoms. The molecule has 2 rings (SSSR count). The fourth-order valence-corrected chi connectivity index (χ4v) is 3.35. The molecular weight excluding hydrogens is 268 g/mol. The quantitative estimate of drug-likeness (QED) is 0.870. The van der Waals surface area contributed by atoms with Crippen LogP contribution in [0.15, 0.2) is 5.38 Å². The summed E-state index contributed by atoms with van der Waals surface area (Å²) in [4.78, 5) is 9.70. The minimum Gasteiger partial charge on any atom is -0.310 e. The van der Waals surface area contributed by atoms with Crippen molar-refractivity contribution in [2.45, 2.75) is 39.9 Å². The number of hydrogen-bond acceptors (Lipinski definition) is 5. The molecule has 1 atom stereocenters. The second-order valence-electron chi connectivity index (χ2n) is 6.34. The lowest BCUT2D eigenvalue weighted by Gasteiger charge is -2.37. The lowest BCUT2D eigenvalue weighted by molar-refractivity contribution is 0.0928. The molecule has 4 nitrogen and oxygen atoms in total. The zero-order valence-electron chi connectivity index (χ0n) is 13.2. The van der Waals surface area contributed by atoms with E-state index in [4.69, 9.17) is 4.98 Å². The Bertz CT molecular complexity index is 404. The molecule has 1 aromatic rings. The maximum atomic E-state index is 4.76. The Labute approximate surface area is 127 Å². The fraction of sp³-hybridized carbons (Fsp3) is 0.800. The molecule has 0 bridgehead atoms. The van der Waals surface area contributed by atoms with Crippen LogP contribution in [0, 0.1) is 5.92 Å². The van der Waals surface area contributed by atoms with E-state index in [1.54, 1.807) is 11.3 Å². The van der Waals surface area contributed by atoms with Gasteiger partial charge >= 0.3 is 0 Å². The topological polar surface area (TPSA) is 31.4 Å². The van der Waals surface area contributed by atoms with E-state index in [0.29, 0.717) is 12.0 Å². The molecule has 1 aromatic heterocycles. The Morgan fingerprint density at radius 2 is 2.25 bits per heavy atom. The van der Waals surface area contributed by atoms with E-state index in [0.717, 1.165) is 39.3 Å². The van der Waals surface area contributed by atoms with Crippen LogP contribution in [0.1, 0.15) is 31.5 Å². The Morgan fingerprint density at radius 1 is 1.45 bits per heavy atom. The summed E-state index contributed by atoms with van der Waals surface area (Å²) in [7, 11) is 2.20. The average Bonchev–Trinajstić information content (AvgIpc) is 2.80. The van der Waals surface area contributed by atoms with Gasteiger partial charge in [0.05, 0.1) is 5.69 Å². The summed E-state index contributed by atoms with van der Waals surface area (Å²) in [6.07, 6.45) is 0. The van der Waals surface area contributed by atoms with Gasteiger partial charge < -0.3 is 10.2 Å². The van der Waals surface area contributed by atoms with Crippen molar-refractivity contribution >= 4 is 11.3 Å². The summed E-state index contributed by atoms with van der Waals surface area (Å²) in [5.74, 6) is 0.695. The van der Waals surface area contributed by atoms with Crippen LogP contribution in [-0.2, 0) is 13.1 Å². The van der Waals surface area contributed by atoms with Crippen molar-refractivity contribution in [2.24, 2.45) is 5.92 Å². The minimum atomic E-state index is 0.623. The van der Waals surface area contributed by atoms with Crippen LogP contribution in [0.4, 0.5) is 0 Å². The molecule has 1 unspecified atom stereocenters. The first-order valence-corrected chi connectivity index (χ1v) is 8.49. The Hall–Kier alpha value is -0.490. The van der Waals surface area contributed by atoms with Crippen LogP contribution >= 0.6 is 11.3 Å². The summed E-state index contributed by atoms with van der Waals surface area (Å²) in [6.45, 7) is 13.2. The third kappa shape index (κ3) is 4.81. The number of nitrogens with zero attached hydrogens (tertiary/aromatic N) is 3. The number of hydrogen-bond donors (Lipinski definition) is 1. The third-order valence-electron chi connectivity index (χ3n) is 3.76. The van der Waals surface area contributed by atoms with E-state index < -0.39 is 0 Å². The summed E-state index contributed by atoms with van der Waals surface area (Å²) in [6, 6.07) is 0.623. The van der Waals surface area contributed by atoms with E-state index in [-0.39, 0.29) is 0 Å². The molecule has 1 saturated heterocycles. The zero-order chi connectivity index (χ0) is 14.5. The first-order valence-electron chi connectivity index (χ1n) is 7.61. The van der Waals surface area contributed by atoms with Crippen LogP contribution in [0.25, 0.3) is 0 Å². The largest absolute Gasteiger partial charge is 0.310 e. The van der Waals surface area contributed by atoms with Crippen molar-refractivity contribution in [2.75, 3.05) is 33.2 Å². The van der Waals surface area contributed by atoms with E-state index in [9.17, 15) is 0 Å². The van der Waals surface area contributed by atoms with Gasteiger partial charge in [0.25, 0.3) is 0 Å². The van der Waals surface area contributed by atoms with Crippen molar-refractivity contribution < 1.29 is 0 Å². The number of nitrogens with one attached hydrogen (secondary N) is 1. The van der Waals surface area contributed by atoms with Crippen LogP contribution in [-0.4, -0.2) is 54.1 Å². The van der Waals surface area contributed by atoms with Gasteiger partial charge in [-0.25, -0.2) is 4.98 Å². The van der Waals surface area contributed by atoms with Gasteiger partial charge in [0.2, 0.25) is 0 Å². The molecule has 0 radical (unpaired) electrons. The lowest BCUT2D eigenvalue weighted by atomic mass is 10.2. The van der Waals surface area contributed by atoms with E-state index in [2.05, 4.69) is 48.3 Å². The third-order valence-corrected chi connectivity index (χ3v) is 4.66. The van der Waals surface area contributed by atoms with Gasteiger partial charge in [-0.15, -0.1) is 11.3 Å². The lowest BCUT2D eigenvalue weighted by Crippen LogP contribution is -2.49. The monoisotopic (exact) mass is 296 g/mol. The van der Waals surface area contributed by atoms with Crippen LogP contribution in [0.3, 0.4) is 0 Å². The first-order chi connectivity index (χ1) is 9.54. The fourth-order valence-electron chi connectivity index (χ4n) is 2.59. The Morgan fingerprint density at radius 3 is 2.95 bits per heavy atom. The van der Waals surface area contributed by atoms with Gasteiger partial charge in [0, 0.05) is 44.1 Å². The minimum absolute atomic E-state index is 0.623. The Balaban J connectivity index is 1.80. The molecule has 0 amide bonds. The van der Waals surface area contributed by atoms with Crippen molar-refractivity contribution in [3.63, 3.8) is 0 Å². The summed E-state index contributed by atoms with van der Waals surface area (Å²) in [5, 5.41) is 6.89. The highest BCUT2D eigenvalue weighted by Gasteiger charge is 2.21. The SMILES string of the molecule is CC(C)CNCc1nc(CN2CCN(C)CC2C)cs1. The van der Waals surface area contributed by atoms with Crippen LogP contribution < -0.4 is 5.32 Å². The number of thiazole rings is 1. The molecule has 0 aromatic carbocycles. The molecular formula is C15H28N4S.